The van der Waals surface area contributed by atoms with Gasteiger partial charge in [0.05, 0.1) is 17.5 Å². The standard InChI is InChI=1S/C10H7ClINO/c1-6-2-7(5-13)3-8(10(6)12)9(14)4-11/h2-3H,4H2,1H3. The fourth-order valence-corrected chi connectivity index (χ4v) is 1.87. The van der Waals surface area contributed by atoms with Crippen LogP contribution in [0.4, 0.5) is 0 Å². The van der Waals surface area contributed by atoms with Crippen LogP contribution in [0.25, 0.3) is 0 Å². The van der Waals surface area contributed by atoms with Crippen LogP contribution >= 0.6 is 34.2 Å². The topological polar surface area (TPSA) is 40.9 Å². The van der Waals surface area contributed by atoms with Crippen LogP contribution in [0.2, 0.25) is 0 Å². The lowest BCUT2D eigenvalue weighted by Crippen LogP contribution is -2.05. The number of rotatable bonds is 2. The number of ketones is 1. The van der Waals surface area contributed by atoms with Gasteiger partial charge in [-0.15, -0.1) is 11.6 Å². The first-order valence-electron chi connectivity index (χ1n) is 3.89. The summed E-state index contributed by atoms with van der Waals surface area (Å²) >= 11 is 7.56. The summed E-state index contributed by atoms with van der Waals surface area (Å²) < 4.78 is 0.868. The van der Waals surface area contributed by atoms with Crippen LogP contribution in [0, 0.1) is 21.8 Å². The Morgan fingerprint density at radius 2 is 2.29 bits per heavy atom. The van der Waals surface area contributed by atoms with Gasteiger partial charge in [0.1, 0.15) is 0 Å². The molecule has 4 heteroatoms. The molecule has 0 N–H and O–H groups in total. The highest BCUT2D eigenvalue weighted by atomic mass is 127. The average molecular weight is 320 g/mol. The van der Waals surface area contributed by atoms with E-state index in [4.69, 9.17) is 16.9 Å². The molecule has 0 bridgehead atoms. The third-order valence-electron chi connectivity index (χ3n) is 1.81. The van der Waals surface area contributed by atoms with Crippen molar-refractivity contribution in [1.29, 1.82) is 5.26 Å². The zero-order valence-electron chi connectivity index (χ0n) is 7.47. The lowest BCUT2D eigenvalue weighted by Gasteiger charge is -2.05. The van der Waals surface area contributed by atoms with Crippen LogP contribution in [0.5, 0.6) is 0 Å². The van der Waals surface area contributed by atoms with Crippen molar-refractivity contribution in [2.45, 2.75) is 6.92 Å². The van der Waals surface area contributed by atoms with Crippen molar-refractivity contribution >= 4 is 40.0 Å². The molecule has 1 aromatic carbocycles. The minimum atomic E-state index is -0.142. The minimum absolute atomic E-state index is 0.0513. The second-order valence-electron chi connectivity index (χ2n) is 2.82. The van der Waals surface area contributed by atoms with Crippen LogP contribution in [-0.2, 0) is 0 Å². The van der Waals surface area contributed by atoms with Gasteiger partial charge in [0, 0.05) is 9.13 Å². The molecule has 0 heterocycles. The predicted molar refractivity (Wildman–Crippen MR) is 63.7 cm³/mol. The molecule has 0 aliphatic carbocycles. The Hall–Kier alpha value is -0.600. The van der Waals surface area contributed by atoms with Crippen molar-refractivity contribution in [3.8, 4) is 6.07 Å². The van der Waals surface area contributed by atoms with Gasteiger partial charge in [-0.1, -0.05) is 0 Å². The molecular weight excluding hydrogens is 312 g/mol. The van der Waals surface area contributed by atoms with Crippen molar-refractivity contribution in [2.24, 2.45) is 0 Å². The Balaban J connectivity index is 3.36. The first-order valence-corrected chi connectivity index (χ1v) is 5.51. The maximum absolute atomic E-state index is 11.4. The Bertz CT molecular complexity index is 423. The SMILES string of the molecule is Cc1cc(C#N)cc(C(=O)CCl)c1I. The van der Waals surface area contributed by atoms with Gasteiger partial charge in [0.15, 0.2) is 5.78 Å². The van der Waals surface area contributed by atoms with Crippen molar-refractivity contribution in [2.75, 3.05) is 5.88 Å². The van der Waals surface area contributed by atoms with Gasteiger partial charge >= 0.3 is 0 Å². The molecule has 0 atom stereocenters. The maximum Gasteiger partial charge on any atom is 0.178 e. The molecule has 72 valence electrons. The third kappa shape index (κ3) is 2.25. The molecule has 0 spiro atoms. The Morgan fingerprint density at radius 1 is 1.64 bits per heavy atom. The van der Waals surface area contributed by atoms with E-state index in [9.17, 15) is 4.79 Å². The second kappa shape index (κ2) is 4.76. The largest absolute Gasteiger partial charge is 0.293 e. The van der Waals surface area contributed by atoms with Crippen LogP contribution in [0.3, 0.4) is 0 Å². The van der Waals surface area contributed by atoms with Crippen LogP contribution in [0.1, 0.15) is 21.5 Å². The highest BCUT2D eigenvalue weighted by Gasteiger charge is 2.12. The quantitative estimate of drug-likeness (QED) is 0.478. The van der Waals surface area contributed by atoms with E-state index in [1.807, 2.05) is 13.0 Å². The fraction of sp³-hybridized carbons (Fsp3) is 0.200. The highest BCUT2D eigenvalue weighted by Crippen LogP contribution is 2.20. The summed E-state index contributed by atoms with van der Waals surface area (Å²) in [6.07, 6.45) is 0. The number of aryl methyl sites for hydroxylation is 1. The maximum atomic E-state index is 11.4. The van der Waals surface area contributed by atoms with Crippen LogP contribution in [0.15, 0.2) is 12.1 Å². The number of halogens is 2. The molecule has 0 aliphatic rings. The van der Waals surface area contributed by atoms with E-state index in [0.717, 1.165) is 9.13 Å². The molecule has 14 heavy (non-hydrogen) atoms. The summed E-state index contributed by atoms with van der Waals surface area (Å²) in [5.41, 5.74) is 1.96. The summed E-state index contributed by atoms with van der Waals surface area (Å²) in [6.45, 7) is 1.87. The third-order valence-corrected chi connectivity index (χ3v) is 3.48. The molecule has 0 fully saturated rings. The summed E-state index contributed by atoms with van der Waals surface area (Å²) in [4.78, 5) is 11.4. The number of hydrogen-bond acceptors (Lipinski definition) is 2. The van der Waals surface area contributed by atoms with E-state index in [1.54, 1.807) is 12.1 Å². The van der Waals surface area contributed by atoms with Crippen LogP contribution in [-0.4, -0.2) is 11.7 Å². The number of benzene rings is 1. The Kier molecular flexibility index (Phi) is 3.90. The smallest absolute Gasteiger partial charge is 0.178 e. The van der Waals surface area contributed by atoms with Crippen molar-refractivity contribution in [1.82, 2.24) is 0 Å². The molecule has 0 saturated heterocycles. The van der Waals surface area contributed by atoms with E-state index in [2.05, 4.69) is 22.6 Å². The number of alkyl halides is 1. The van der Waals surface area contributed by atoms with Crippen molar-refractivity contribution in [3.05, 3.63) is 32.4 Å². The number of carbonyl (C=O) groups is 1. The summed E-state index contributed by atoms with van der Waals surface area (Å²) in [5.74, 6) is -0.194. The molecule has 1 aromatic rings. The summed E-state index contributed by atoms with van der Waals surface area (Å²) in [5, 5.41) is 8.74. The zero-order chi connectivity index (χ0) is 10.7. The molecule has 0 unspecified atom stereocenters. The van der Waals surface area contributed by atoms with E-state index >= 15 is 0 Å². The first-order chi connectivity index (χ1) is 6.60. The molecule has 0 amide bonds. The first kappa shape index (κ1) is 11.5. The molecular formula is C10H7ClINO. The van der Waals surface area contributed by atoms with Gasteiger partial charge in [-0.3, -0.25) is 4.79 Å². The second-order valence-corrected chi connectivity index (χ2v) is 4.17. The molecule has 0 aromatic heterocycles. The van der Waals surface area contributed by atoms with Crippen molar-refractivity contribution < 1.29 is 4.79 Å². The fourth-order valence-electron chi connectivity index (χ4n) is 1.11. The lowest BCUT2D eigenvalue weighted by molar-refractivity contribution is 0.102. The van der Waals surface area contributed by atoms with Gasteiger partial charge in [-0.25, -0.2) is 0 Å². The molecule has 1 rings (SSSR count). The highest BCUT2D eigenvalue weighted by molar-refractivity contribution is 14.1. The van der Waals surface area contributed by atoms with E-state index in [-0.39, 0.29) is 11.7 Å². The zero-order valence-corrected chi connectivity index (χ0v) is 10.4. The monoisotopic (exact) mass is 319 g/mol. The van der Waals surface area contributed by atoms with Crippen molar-refractivity contribution in [3.63, 3.8) is 0 Å². The van der Waals surface area contributed by atoms with E-state index < -0.39 is 0 Å². The molecule has 0 saturated carbocycles. The minimum Gasteiger partial charge on any atom is -0.293 e. The van der Waals surface area contributed by atoms with Gasteiger partial charge in [0.2, 0.25) is 0 Å². The number of Topliss-reactive ketones (excluding diaryl/α,β-unsaturated/α-hetero) is 1. The molecule has 2 nitrogen and oxygen atoms in total. The number of carbonyl (C=O) groups excluding carboxylic acids is 1. The normalized spacial score (nSPS) is 9.57. The predicted octanol–water partition coefficient (Wildman–Crippen LogP) is 2.89. The summed E-state index contributed by atoms with van der Waals surface area (Å²) in [6, 6.07) is 5.36. The van der Waals surface area contributed by atoms with E-state index in [0.29, 0.717) is 11.1 Å². The number of nitriles is 1. The lowest BCUT2D eigenvalue weighted by atomic mass is 10.0. The number of nitrogens with zero attached hydrogens (tertiary/aromatic N) is 1. The Morgan fingerprint density at radius 3 is 2.79 bits per heavy atom. The molecule has 0 aliphatic heterocycles. The van der Waals surface area contributed by atoms with Gasteiger partial charge < -0.3 is 0 Å². The average Bonchev–Trinajstić information content (AvgIpc) is 2.20. The Labute approximate surface area is 101 Å². The van der Waals surface area contributed by atoms with E-state index in [1.165, 1.54) is 0 Å². The van der Waals surface area contributed by atoms with Gasteiger partial charge in [0.25, 0.3) is 0 Å². The van der Waals surface area contributed by atoms with Crippen LogP contribution < -0.4 is 0 Å². The van der Waals surface area contributed by atoms with Gasteiger partial charge in [-0.05, 0) is 47.2 Å². The number of hydrogen-bond donors (Lipinski definition) is 0. The van der Waals surface area contributed by atoms with Gasteiger partial charge in [-0.2, -0.15) is 5.26 Å². The summed E-state index contributed by atoms with van der Waals surface area (Å²) in [7, 11) is 0. The molecule has 0 radical (unpaired) electrons.